The first-order valence-corrected chi connectivity index (χ1v) is 5.88. The van der Waals surface area contributed by atoms with E-state index in [1.54, 1.807) is 24.3 Å². The summed E-state index contributed by atoms with van der Waals surface area (Å²) >= 11 is 0. The zero-order valence-electron chi connectivity index (χ0n) is 8.47. The Morgan fingerprint density at radius 3 is 2.67 bits per heavy atom. The fraction of sp³-hybridized carbons (Fsp3) is 0.200. The van der Waals surface area contributed by atoms with Gasteiger partial charge >= 0.3 is 0 Å². The molecule has 4 nitrogen and oxygen atoms in total. The van der Waals surface area contributed by atoms with E-state index in [-0.39, 0.29) is 0 Å². The maximum atomic E-state index is 12.1. The van der Waals surface area contributed by atoms with Gasteiger partial charge in [0.05, 0.1) is 12.9 Å². The van der Waals surface area contributed by atoms with Gasteiger partial charge in [0.15, 0.2) is 0 Å². The molecular weight excluding hydrogens is 215 g/mol. The van der Waals surface area contributed by atoms with Gasteiger partial charge in [-0.1, -0.05) is 6.07 Å². The van der Waals surface area contributed by atoms with Crippen molar-refractivity contribution in [3.05, 3.63) is 30.1 Å². The fourth-order valence-corrected chi connectivity index (χ4v) is 2.31. The van der Waals surface area contributed by atoms with Crippen molar-refractivity contribution in [2.75, 3.05) is 14.2 Å². The second-order valence-electron chi connectivity index (χ2n) is 2.73. The van der Waals surface area contributed by atoms with E-state index < -0.39 is 7.37 Å². The number of methoxy groups -OCH3 is 1. The van der Waals surface area contributed by atoms with E-state index in [1.807, 2.05) is 0 Å². The molecular formula is C10H11O4P. The van der Waals surface area contributed by atoms with Gasteiger partial charge in [0.1, 0.15) is 11.7 Å². The standard InChI is InChI=1S/C10H11O4P/c1-13-9-4-3-5-10(8-9)15(12,14-2)7-6-11/h3-5,7-8H,1-2H3. The van der Waals surface area contributed by atoms with E-state index in [1.165, 1.54) is 20.2 Å². The Hall–Kier alpha value is -1.34. The monoisotopic (exact) mass is 226 g/mol. The van der Waals surface area contributed by atoms with Crippen molar-refractivity contribution >= 4 is 18.6 Å². The Bertz CT molecular complexity index is 435. The summed E-state index contributed by atoms with van der Waals surface area (Å²) in [6, 6.07) is 6.57. The molecule has 80 valence electrons. The van der Waals surface area contributed by atoms with E-state index in [0.717, 1.165) is 5.82 Å². The molecule has 0 radical (unpaired) electrons. The van der Waals surface area contributed by atoms with Gasteiger partial charge in [-0.15, -0.1) is 0 Å². The first-order valence-electron chi connectivity index (χ1n) is 4.18. The van der Waals surface area contributed by atoms with Gasteiger partial charge in [0.2, 0.25) is 0 Å². The van der Waals surface area contributed by atoms with Crippen LogP contribution in [-0.4, -0.2) is 20.2 Å². The minimum Gasteiger partial charge on any atom is -0.497 e. The second-order valence-corrected chi connectivity index (χ2v) is 5.06. The third kappa shape index (κ3) is 2.57. The zero-order valence-corrected chi connectivity index (χ0v) is 9.36. The summed E-state index contributed by atoms with van der Waals surface area (Å²) in [6.45, 7) is 0. The second kappa shape index (κ2) is 4.94. The molecule has 1 rings (SSSR count). The van der Waals surface area contributed by atoms with Crippen molar-refractivity contribution in [1.82, 2.24) is 0 Å². The smallest absolute Gasteiger partial charge is 0.264 e. The van der Waals surface area contributed by atoms with Gasteiger partial charge in [-0.25, -0.2) is 4.79 Å². The SMILES string of the molecule is COc1cccc(P(=O)(C=C=O)OC)c1. The first-order chi connectivity index (χ1) is 7.16. The number of hydrogen-bond donors (Lipinski definition) is 0. The molecule has 5 heteroatoms. The maximum Gasteiger partial charge on any atom is 0.264 e. The van der Waals surface area contributed by atoms with Crippen molar-refractivity contribution in [2.24, 2.45) is 0 Å². The molecule has 0 saturated carbocycles. The Morgan fingerprint density at radius 2 is 2.13 bits per heavy atom. The molecule has 0 aliphatic heterocycles. The minimum atomic E-state index is -3.22. The molecule has 0 aliphatic carbocycles. The van der Waals surface area contributed by atoms with Crippen molar-refractivity contribution < 1.29 is 18.6 Å². The molecule has 0 fully saturated rings. The number of benzene rings is 1. The van der Waals surface area contributed by atoms with Gasteiger partial charge < -0.3 is 9.26 Å². The summed E-state index contributed by atoms with van der Waals surface area (Å²) in [5, 5.41) is 0.410. The molecule has 1 atom stereocenters. The Labute approximate surface area is 88.0 Å². The highest BCUT2D eigenvalue weighted by Gasteiger charge is 2.21. The van der Waals surface area contributed by atoms with Crippen LogP contribution in [0, 0.1) is 0 Å². The topological polar surface area (TPSA) is 52.6 Å². The average molecular weight is 226 g/mol. The summed E-state index contributed by atoms with van der Waals surface area (Å²) in [5.74, 6) is 2.96. The molecule has 0 heterocycles. The molecule has 15 heavy (non-hydrogen) atoms. The van der Waals surface area contributed by atoms with Crippen LogP contribution >= 0.6 is 7.37 Å². The number of ether oxygens (including phenoxy) is 1. The molecule has 0 spiro atoms. The van der Waals surface area contributed by atoms with Gasteiger partial charge in [0.25, 0.3) is 7.37 Å². The summed E-state index contributed by atoms with van der Waals surface area (Å²) in [6.07, 6.45) is 0. The Morgan fingerprint density at radius 1 is 1.40 bits per heavy atom. The minimum absolute atomic E-state index is 0.410. The molecule has 1 unspecified atom stereocenters. The highest BCUT2D eigenvalue weighted by Crippen LogP contribution is 2.45. The van der Waals surface area contributed by atoms with E-state index >= 15 is 0 Å². The first kappa shape index (κ1) is 11.7. The Balaban J connectivity index is 3.23. The normalized spacial score (nSPS) is 13.7. The summed E-state index contributed by atoms with van der Waals surface area (Å²) in [5.41, 5.74) is 0. The van der Waals surface area contributed by atoms with Crippen LogP contribution in [0.25, 0.3) is 0 Å². The van der Waals surface area contributed by atoms with Crippen LogP contribution in [0.2, 0.25) is 0 Å². The van der Waals surface area contributed by atoms with Crippen molar-refractivity contribution in [1.29, 1.82) is 0 Å². The van der Waals surface area contributed by atoms with E-state index in [4.69, 9.17) is 9.26 Å². The predicted molar refractivity (Wildman–Crippen MR) is 57.5 cm³/mol. The zero-order chi connectivity index (χ0) is 11.3. The lowest BCUT2D eigenvalue weighted by molar-refractivity contribution is 0.408. The predicted octanol–water partition coefficient (Wildman–Crippen LogP) is 1.59. The third-order valence-electron chi connectivity index (χ3n) is 1.91. The molecule has 0 saturated heterocycles. The number of rotatable bonds is 4. The van der Waals surface area contributed by atoms with Crippen molar-refractivity contribution in [3.8, 4) is 5.75 Å². The summed E-state index contributed by atoms with van der Waals surface area (Å²) in [7, 11) is -0.429. The van der Waals surface area contributed by atoms with Crippen LogP contribution in [0.5, 0.6) is 5.75 Å². The summed E-state index contributed by atoms with van der Waals surface area (Å²) < 4.78 is 21.9. The number of carbonyl (C=O) groups excluding carboxylic acids is 1. The summed E-state index contributed by atoms with van der Waals surface area (Å²) in [4.78, 5) is 10.2. The van der Waals surface area contributed by atoms with Crippen LogP contribution in [0.4, 0.5) is 0 Å². The van der Waals surface area contributed by atoms with E-state index in [0.29, 0.717) is 11.1 Å². The maximum absolute atomic E-state index is 12.1. The largest absolute Gasteiger partial charge is 0.497 e. The molecule has 0 N–H and O–H groups in total. The average Bonchev–Trinajstić information content (AvgIpc) is 2.29. The van der Waals surface area contributed by atoms with E-state index in [2.05, 4.69) is 0 Å². The van der Waals surface area contributed by atoms with Gasteiger partial charge in [0, 0.05) is 12.4 Å². The lowest BCUT2D eigenvalue weighted by Crippen LogP contribution is -2.04. The highest BCUT2D eigenvalue weighted by atomic mass is 31.2. The van der Waals surface area contributed by atoms with Gasteiger partial charge in [-0.05, 0) is 18.2 Å². The molecule has 1 aromatic carbocycles. The quantitative estimate of drug-likeness (QED) is 0.577. The number of hydrogen-bond acceptors (Lipinski definition) is 4. The molecule has 0 aromatic heterocycles. The lowest BCUT2D eigenvalue weighted by Gasteiger charge is -2.11. The van der Waals surface area contributed by atoms with Crippen molar-refractivity contribution in [2.45, 2.75) is 0 Å². The lowest BCUT2D eigenvalue weighted by atomic mass is 10.3. The van der Waals surface area contributed by atoms with Gasteiger partial charge in [-0.3, -0.25) is 4.57 Å². The molecule has 0 amide bonds. The van der Waals surface area contributed by atoms with Crippen LogP contribution < -0.4 is 10.0 Å². The Kier molecular flexibility index (Phi) is 3.87. The van der Waals surface area contributed by atoms with Gasteiger partial charge in [-0.2, -0.15) is 0 Å². The molecule has 1 aromatic rings. The fourth-order valence-electron chi connectivity index (χ4n) is 1.11. The van der Waals surface area contributed by atoms with Crippen LogP contribution in [0.15, 0.2) is 30.1 Å². The highest BCUT2D eigenvalue weighted by molar-refractivity contribution is 7.70. The van der Waals surface area contributed by atoms with Crippen molar-refractivity contribution in [3.63, 3.8) is 0 Å². The van der Waals surface area contributed by atoms with E-state index in [9.17, 15) is 9.36 Å². The third-order valence-corrected chi connectivity index (χ3v) is 3.89. The van der Waals surface area contributed by atoms with Crippen LogP contribution in [0.1, 0.15) is 0 Å². The molecule has 0 bridgehead atoms. The van der Waals surface area contributed by atoms with Crippen LogP contribution in [-0.2, 0) is 13.9 Å². The van der Waals surface area contributed by atoms with Crippen LogP contribution in [0.3, 0.4) is 0 Å². The molecule has 0 aliphatic rings.